The minimum Gasteiger partial charge on any atom is -0.497 e. The van der Waals surface area contributed by atoms with Crippen molar-refractivity contribution in [2.24, 2.45) is 0 Å². The first-order valence-electron chi connectivity index (χ1n) is 15.3. The molecule has 1 aliphatic heterocycles. The van der Waals surface area contributed by atoms with Crippen LogP contribution in [0.25, 0.3) is 11.1 Å². The van der Waals surface area contributed by atoms with Crippen molar-refractivity contribution in [1.29, 1.82) is 0 Å². The van der Waals surface area contributed by atoms with Crippen LogP contribution < -0.4 is 39.7 Å². The number of aryl methyl sites for hydroxylation is 1. The molecular formula is C35H41N3O8. The number of nitrogens with zero attached hydrogens (tertiary/aromatic N) is 1. The summed E-state index contributed by atoms with van der Waals surface area (Å²) in [7, 11) is 7.86. The standard InChI is InChI=1S/C35H41N3O8/c1-20(39)37-26-13-9-21-16-31(44-4)34(45-5)35(46-6)33(21)23-12-14-27(29(40)18-25(23)26)36-19-32(41)38-15-7-8-28(38)24-11-10-22(42-2)17-30(24)43-3/h10-12,14,16-18,26,28H,7-9,13,15,19H2,1-6H3,(H,36,40)(H,37,39). The van der Waals surface area contributed by atoms with Crippen molar-refractivity contribution in [2.45, 2.75) is 44.7 Å². The molecule has 0 spiro atoms. The van der Waals surface area contributed by atoms with Gasteiger partial charge in [-0.2, -0.15) is 0 Å². The molecule has 244 valence electrons. The summed E-state index contributed by atoms with van der Waals surface area (Å²) < 4.78 is 28.1. The molecule has 2 N–H and O–H groups in total. The van der Waals surface area contributed by atoms with E-state index in [0.29, 0.717) is 59.3 Å². The second-order valence-electron chi connectivity index (χ2n) is 11.3. The number of benzene rings is 2. The summed E-state index contributed by atoms with van der Waals surface area (Å²) >= 11 is 0. The fourth-order valence-corrected chi connectivity index (χ4v) is 6.61. The van der Waals surface area contributed by atoms with Gasteiger partial charge in [0.2, 0.25) is 23.0 Å². The zero-order chi connectivity index (χ0) is 33.0. The number of rotatable bonds is 10. The van der Waals surface area contributed by atoms with Crippen molar-refractivity contribution >= 4 is 17.5 Å². The Morgan fingerprint density at radius 2 is 1.61 bits per heavy atom. The second kappa shape index (κ2) is 14.0. The molecule has 0 radical (unpaired) electrons. The molecule has 2 unspecified atom stereocenters. The van der Waals surface area contributed by atoms with E-state index in [9.17, 15) is 14.4 Å². The third-order valence-electron chi connectivity index (χ3n) is 8.72. The fourth-order valence-electron chi connectivity index (χ4n) is 6.61. The second-order valence-corrected chi connectivity index (χ2v) is 11.3. The highest BCUT2D eigenvalue weighted by atomic mass is 16.5. The molecular weight excluding hydrogens is 590 g/mol. The highest BCUT2D eigenvalue weighted by molar-refractivity contribution is 5.85. The minimum atomic E-state index is -0.430. The molecule has 2 aliphatic rings. The minimum absolute atomic E-state index is 0.0705. The van der Waals surface area contributed by atoms with Gasteiger partial charge < -0.3 is 39.2 Å². The van der Waals surface area contributed by atoms with Crippen molar-refractivity contribution in [1.82, 2.24) is 10.2 Å². The van der Waals surface area contributed by atoms with Crippen LogP contribution in [-0.4, -0.2) is 65.4 Å². The normalized spacial score (nSPS) is 16.8. The summed E-state index contributed by atoms with van der Waals surface area (Å²) in [5.41, 5.74) is 3.93. The van der Waals surface area contributed by atoms with Crippen LogP contribution in [0.2, 0.25) is 0 Å². The topological polar surface area (TPSA) is 125 Å². The van der Waals surface area contributed by atoms with Gasteiger partial charge in [0, 0.05) is 30.7 Å². The van der Waals surface area contributed by atoms with Crippen LogP contribution >= 0.6 is 0 Å². The van der Waals surface area contributed by atoms with Gasteiger partial charge in [0.05, 0.1) is 59.9 Å². The predicted octanol–water partition coefficient (Wildman–Crippen LogP) is 4.66. The number of methoxy groups -OCH3 is 5. The van der Waals surface area contributed by atoms with Crippen LogP contribution in [0, 0.1) is 0 Å². The highest BCUT2D eigenvalue weighted by Crippen LogP contribution is 2.50. The molecule has 1 aliphatic carbocycles. The number of likely N-dealkylation sites (tertiary alicyclic amines) is 1. The number of nitrogens with one attached hydrogen (secondary N) is 2. The van der Waals surface area contributed by atoms with E-state index in [-0.39, 0.29) is 35.5 Å². The smallest absolute Gasteiger partial charge is 0.242 e. The molecule has 5 rings (SSSR count). The Bertz CT molecular complexity index is 1690. The maximum absolute atomic E-state index is 13.7. The molecule has 2 atom stereocenters. The van der Waals surface area contributed by atoms with E-state index in [4.69, 9.17) is 23.7 Å². The summed E-state index contributed by atoms with van der Waals surface area (Å²) in [6.45, 7) is 1.98. The predicted molar refractivity (Wildman–Crippen MR) is 174 cm³/mol. The average Bonchev–Trinajstić information content (AvgIpc) is 3.44. The van der Waals surface area contributed by atoms with Crippen molar-refractivity contribution in [3.8, 4) is 39.9 Å². The molecule has 1 fully saturated rings. The maximum Gasteiger partial charge on any atom is 0.242 e. The fraction of sp³-hybridized carbons (Fsp3) is 0.400. The first kappa shape index (κ1) is 32.5. The molecule has 0 aromatic heterocycles. The van der Waals surface area contributed by atoms with Crippen LogP contribution in [0.5, 0.6) is 28.7 Å². The van der Waals surface area contributed by atoms with E-state index < -0.39 is 6.04 Å². The SMILES string of the molecule is COc1ccc(C2CCCN2C(=O)CNc2ccc3c(cc2=O)C(NC(C)=O)CCc2cc(OC)c(OC)c(OC)c2-3)c(OC)c1. The molecule has 1 heterocycles. The maximum atomic E-state index is 13.7. The van der Waals surface area contributed by atoms with Gasteiger partial charge in [0.1, 0.15) is 11.5 Å². The third-order valence-corrected chi connectivity index (χ3v) is 8.72. The highest BCUT2D eigenvalue weighted by Gasteiger charge is 2.33. The van der Waals surface area contributed by atoms with Gasteiger partial charge in [-0.1, -0.05) is 6.07 Å². The van der Waals surface area contributed by atoms with Crippen molar-refractivity contribution in [2.75, 3.05) is 54.0 Å². The molecule has 0 bridgehead atoms. The van der Waals surface area contributed by atoms with Crippen LogP contribution in [-0.2, 0) is 16.0 Å². The Morgan fingerprint density at radius 3 is 2.28 bits per heavy atom. The molecule has 46 heavy (non-hydrogen) atoms. The number of ether oxygens (including phenoxy) is 5. The summed E-state index contributed by atoms with van der Waals surface area (Å²) in [5, 5.41) is 6.11. The monoisotopic (exact) mass is 631 g/mol. The van der Waals surface area contributed by atoms with Crippen LogP contribution in [0.1, 0.15) is 55.0 Å². The summed E-state index contributed by atoms with van der Waals surface area (Å²) in [6.07, 6.45) is 2.80. The Balaban J connectivity index is 1.50. The Morgan fingerprint density at radius 1 is 0.848 bits per heavy atom. The molecule has 11 nitrogen and oxygen atoms in total. The zero-order valence-electron chi connectivity index (χ0n) is 27.2. The Labute approximate surface area is 268 Å². The third kappa shape index (κ3) is 6.27. The van der Waals surface area contributed by atoms with E-state index in [1.807, 2.05) is 35.2 Å². The lowest BCUT2D eigenvalue weighted by molar-refractivity contribution is -0.130. The van der Waals surface area contributed by atoms with Crippen molar-refractivity contribution in [3.63, 3.8) is 0 Å². The van der Waals surface area contributed by atoms with Gasteiger partial charge in [-0.25, -0.2) is 0 Å². The first-order chi connectivity index (χ1) is 22.2. The number of hydrogen-bond donors (Lipinski definition) is 2. The number of amides is 2. The Hall–Kier alpha value is -4.93. The zero-order valence-corrected chi connectivity index (χ0v) is 27.2. The summed E-state index contributed by atoms with van der Waals surface area (Å²) in [4.78, 5) is 41.3. The number of fused-ring (bicyclic) bond motifs is 3. The lowest BCUT2D eigenvalue weighted by atomic mass is 9.95. The van der Waals surface area contributed by atoms with Crippen molar-refractivity contribution in [3.05, 3.63) is 69.4 Å². The van der Waals surface area contributed by atoms with Gasteiger partial charge in [-0.05, 0) is 72.7 Å². The first-order valence-corrected chi connectivity index (χ1v) is 15.3. The van der Waals surface area contributed by atoms with Gasteiger partial charge in [0.25, 0.3) is 0 Å². The largest absolute Gasteiger partial charge is 0.497 e. The Kier molecular flexibility index (Phi) is 9.89. The number of anilines is 1. The van der Waals surface area contributed by atoms with E-state index in [2.05, 4.69) is 10.6 Å². The van der Waals surface area contributed by atoms with E-state index in [0.717, 1.165) is 29.5 Å². The van der Waals surface area contributed by atoms with Gasteiger partial charge in [-0.3, -0.25) is 14.4 Å². The molecule has 11 heteroatoms. The number of hydrogen-bond acceptors (Lipinski definition) is 9. The lowest BCUT2D eigenvalue weighted by Crippen LogP contribution is -2.35. The summed E-state index contributed by atoms with van der Waals surface area (Å²) in [6, 6.07) is 12.0. The molecule has 3 aromatic rings. The molecule has 1 saturated heterocycles. The van der Waals surface area contributed by atoms with Crippen LogP contribution in [0.4, 0.5) is 5.69 Å². The molecule has 0 saturated carbocycles. The van der Waals surface area contributed by atoms with E-state index >= 15 is 0 Å². The van der Waals surface area contributed by atoms with Gasteiger partial charge in [-0.15, -0.1) is 0 Å². The molecule has 2 amide bonds. The van der Waals surface area contributed by atoms with Gasteiger partial charge >= 0.3 is 0 Å². The quantitative estimate of drug-likeness (QED) is 0.329. The van der Waals surface area contributed by atoms with Gasteiger partial charge in [0.15, 0.2) is 11.5 Å². The van der Waals surface area contributed by atoms with E-state index in [1.165, 1.54) is 13.0 Å². The number of carbonyl (C=O) groups excluding carboxylic acids is 2. The van der Waals surface area contributed by atoms with E-state index in [1.54, 1.807) is 41.6 Å². The average molecular weight is 632 g/mol. The number of carbonyl (C=O) groups is 2. The summed E-state index contributed by atoms with van der Waals surface area (Å²) in [5.74, 6) is 2.42. The van der Waals surface area contributed by atoms with Crippen LogP contribution in [0.15, 0.2) is 47.3 Å². The van der Waals surface area contributed by atoms with Crippen molar-refractivity contribution < 1.29 is 33.3 Å². The lowest BCUT2D eigenvalue weighted by Gasteiger charge is -2.26. The molecule has 3 aromatic carbocycles. The van der Waals surface area contributed by atoms with Crippen LogP contribution in [0.3, 0.4) is 0 Å².